The summed E-state index contributed by atoms with van der Waals surface area (Å²) in [6, 6.07) is 15.5. The average Bonchev–Trinajstić information content (AvgIpc) is 2.91. The van der Waals surface area contributed by atoms with Gasteiger partial charge < -0.3 is 11.1 Å². The number of hydrogen-bond acceptors (Lipinski definition) is 5. The molecule has 8 nitrogen and oxygen atoms in total. The number of hydrogen-bond donors (Lipinski definition) is 3. The number of rotatable bonds is 11. The second-order valence-electron chi connectivity index (χ2n) is 10.3. The van der Waals surface area contributed by atoms with Crippen molar-refractivity contribution in [1.82, 2.24) is 10.2 Å². The molecule has 43 heavy (non-hydrogen) atoms. The molecule has 1 saturated heterocycles. The Hall–Kier alpha value is -3.32. The summed E-state index contributed by atoms with van der Waals surface area (Å²) in [4.78, 5) is 26.2. The topological polar surface area (TPSA) is 122 Å². The molecule has 0 spiro atoms. The van der Waals surface area contributed by atoms with Crippen LogP contribution in [0.4, 0.5) is 18.9 Å². The normalized spacial score (nSPS) is 15.1. The van der Waals surface area contributed by atoms with Crippen LogP contribution in [0.5, 0.6) is 0 Å². The molecule has 1 aliphatic rings. The lowest BCUT2D eigenvalue weighted by Gasteiger charge is -2.44. The van der Waals surface area contributed by atoms with Crippen LogP contribution in [-0.2, 0) is 21.0 Å². The van der Waals surface area contributed by atoms with Crippen LogP contribution >= 0.6 is 23.2 Å². The fraction of sp³-hybridized carbons (Fsp3) is 0.310. The molecular weight excluding hydrogens is 628 g/mol. The van der Waals surface area contributed by atoms with Crippen molar-refractivity contribution >= 4 is 50.7 Å². The Morgan fingerprint density at radius 2 is 1.51 bits per heavy atom. The number of alkyl halides is 3. The number of nitrogens with one attached hydrogen (secondary N) is 2. The lowest BCUT2D eigenvalue weighted by Crippen LogP contribution is -2.51. The van der Waals surface area contributed by atoms with E-state index in [0.717, 1.165) is 17.2 Å². The smallest absolute Gasteiger partial charge is 0.368 e. The van der Waals surface area contributed by atoms with Gasteiger partial charge in [0.05, 0.1) is 17.4 Å². The van der Waals surface area contributed by atoms with Crippen LogP contribution in [0, 0.1) is 5.92 Å². The van der Waals surface area contributed by atoms with Gasteiger partial charge in [-0.2, -0.15) is 13.2 Å². The molecule has 14 heteroatoms. The second kappa shape index (κ2) is 13.1. The number of nitrogens with two attached hydrogens (primary N) is 1. The quantitative estimate of drug-likeness (QED) is 0.253. The third-order valence-corrected chi connectivity index (χ3v) is 8.99. The summed E-state index contributed by atoms with van der Waals surface area (Å²) in [5.74, 6) is -2.52. The van der Waals surface area contributed by atoms with Crippen LogP contribution in [0.1, 0.15) is 46.4 Å². The van der Waals surface area contributed by atoms with Gasteiger partial charge in [-0.05, 0) is 60.0 Å². The predicted octanol–water partition coefficient (Wildman–Crippen LogP) is 5.47. The minimum absolute atomic E-state index is 0.120. The summed E-state index contributed by atoms with van der Waals surface area (Å²) in [6.45, 7) is 2.37. The van der Waals surface area contributed by atoms with Crippen LogP contribution in [0.15, 0.2) is 66.7 Å². The third-order valence-electron chi connectivity index (χ3n) is 7.03. The van der Waals surface area contributed by atoms with Gasteiger partial charge in [0.15, 0.2) is 0 Å². The van der Waals surface area contributed by atoms with Gasteiger partial charge in [-0.25, -0.2) is 8.42 Å². The first kappa shape index (κ1) is 32.6. The summed E-state index contributed by atoms with van der Waals surface area (Å²) in [5.41, 5.74) is 4.98. The summed E-state index contributed by atoms with van der Waals surface area (Å²) < 4.78 is 69.1. The van der Waals surface area contributed by atoms with Crippen LogP contribution in [-0.4, -0.2) is 50.0 Å². The highest BCUT2D eigenvalue weighted by atomic mass is 35.5. The maximum absolute atomic E-state index is 13.6. The number of halogens is 5. The number of anilines is 1. The number of benzene rings is 3. The van der Waals surface area contributed by atoms with E-state index in [9.17, 15) is 31.2 Å². The standard InChI is InChI=1S/C29H29Cl2F3N4O4S/c1-2-25(27(35)39)36-28(40)20-11-21(29(32,33)34)13-24(12-20)37-43(41,42)16-17-14-38(15-17)26(18-3-7-22(30)8-4-18)19-5-9-23(31)10-6-19/h3-13,17,25-26,37H,2,14-16H2,1H3,(H2,35,39)(H,36,40)/t25-/m0/s1. The summed E-state index contributed by atoms with van der Waals surface area (Å²) in [7, 11) is -4.11. The molecule has 0 bridgehead atoms. The monoisotopic (exact) mass is 656 g/mol. The maximum Gasteiger partial charge on any atom is 0.416 e. The highest BCUT2D eigenvalue weighted by molar-refractivity contribution is 7.92. The lowest BCUT2D eigenvalue weighted by atomic mass is 9.91. The van der Waals surface area contributed by atoms with Crippen molar-refractivity contribution in [3.05, 3.63) is 99.0 Å². The molecule has 4 N–H and O–H groups in total. The van der Waals surface area contributed by atoms with Gasteiger partial charge in [-0.15, -0.1) is 0 Å². The molecule has 4 rings (SSSR count). The molecule has 2 amide bonds. The fourth-order valence-corrected chi connectivity index (χ4v) is 6.60. The number of sulfonamides is 1. The fourth-order valence-electron chi connectivity index (χ4n) is 4.96. The van der Waals surface area contributed by atoms with Crippen molar-refractivity contribution in [1.29, 1.82) is 0 Å². The van der Waals surface area contributed by atoms with Crippen LogP contribution < -0.4 is 15.8 Å². The van der Waals surface area contributed by atoms with Gasteiger partial charge in [0.1, 0.15) is 6.04 Å². The Labute approximate surface area is 257 Å². The highest BCUT2D eigenvalue weighted by Crippen LogP contribution is 2.36. The number of carbonyl (C=O) groups excluding carboxylic acids is 2. The van der Waals surface area contributed by atoms with Crippen LogP contribution in [0.2, 0.25) is 10.0 Å². The molecule has 1 aliphatic heterocycles. The average molecular weight is 658 g/mol. The zero-order valence-electron chi connectivity index (χ0n) is 22.9. The van der Waals surface area contributed by atoms with Crippen molar-refractivity contribution < 1.29 is 31.2 Å². The largest absolute Gasteiger partial charge is 0.416 e. The molecular formula is C29H29Cl2F3N4O4S. The van der Waals surface area contributed by atoms with Crippen molar-refractivity contribution in [3.63, 3.8) is 0 Å². The summed E-state index contributed by atoms with van der Waals surface area (Å²) in [6.07, 6.45) is -4.74. The molecule has 0 saturated carbocycles. The molecule has 0 radical (unpaired) electrons. The molecule has 0 unspecified atom stereocenters. The number of carbonyl (C=O) groups is 2. The molecule has 0 aliphatic carbocycles. The SMILES string of the molecule is CC[C@H](NC(=O)c1cc(NS(=O)(=O)CC2CN(C(c3ccc(Cl)cc3)c3ccc(Cl)cc3)C2)cc(C(F)(F)F)c1)C(N)=O. The number of likely N-dealkylation sites (tertiary alicyclic amines) is 1. The zero-order valence-corrected chi connectivity index (χ0v) is 25.2. The zero-order chi connectivity index (χ0) is 31.5. The number of primary amides is 1. The van der Waals surface area contributed by atoms with E-state index >= 15 is 0 Å². The molecule has 1 heterocycles. The van der Waals surface area contributed by atoms with Gasteiger partial charge in [0.2, 0.25) is 15.9 Å². The number of nitrogens with zero attached hydrogens (tertiary/aromatic N) is 1. The second-order valence-corrected chi connectivity index (χ2v) is 13.0. The third kappa shape index (κ3) is 8.41. The number of amides is 2. The van der Waals surface area contributed by atoms with E-state index in [4.69, 9.17) is 28.9 Å². The molecule has 3 aromatic rings. The Balaban J connectivity index is 1.49. The van der Waals surface area contributed by atoms with Crippen molar-refractivity contribution in [2.45, 2.75) is 31.6 Å². The Morgan fingerprint density at radius 3 is 1.98 bits per heavy atom. The van der Waals surface area contributed by atoms with E-state index in [1.165, 1.54) is 0 Å². The molecule has 1 fully saturated rings. The minimum Gasteiger partial charge on any atom is -0.368 e. The molecule has 230 valence electrons. The van der Waals surface area contributed by atoms with E-state index < -0.39 is 50.9 Å². The van der Waals surface area contributed by atoms with Gasteiger partial charge in [-0.1, -0.05) is 54.4 Å². The predicted molar refractivity (Wildman–Crippen MR) is 159 cm³/mol. The first-order valence-corrected chi connectivity index (χ1v) is 15.6. The van der Waals surface area contributed by atoms with Crippen molar-refractivity contribution in [2.75, 3.05) is 23.6 Å². The van der Waals surface area contributed by atoms with Crippen LogP contribution in [0.3, 0.4) is 0 Å². The van der Waals surface area contributed by atoms with E-state index in [2.05, 4.69) is 14.9 Å². The summed E-state index contributed by atoms with van der Waals surface area (Å²) in [5, 5.41) is 3.42. The molecule has 1 atom stereocenters. The van der Waals surface area contributed by atoms with E-state index in [-0.39, 0.29) is 24.1 Å². The maximum atomic E-state index is 13.6. The minimum atomic E-state index is -4.86. The Morgan fingerprint density at radius 1 is 0.977 bits per heavy atom. The van der Waals surface area contributed by atoms with Crippen molar-refractivity contribution in [3.8, 4) is 0 Å². The van der Waals surface area contributed by atoms with Crippen molar-refractivity contribution in [2.24, 2.45) is 11.7 Å². The van der Waals surface area contributed by atoms with Crippen LogP contribution in [0.25, 0.3) is 0 Å². The van der Waals surface area contributed by atoms with E-state index in [0.29, 0.717) is 35.3 Å². The first-order chi connectivity index (χ1) is 20.1. The van der Waals surface area contributed by atoms with Gasteiger partial charge in [-0.3, -0.25) is 19.2 Å². The lowest BCUT2D eigenvalue weighted by molar-refractivity contribution is -0.137. The molecule has 0 aromatic heterocycles. The van der Waals surface area contributed by atoms with E-state index in [1.807, 2.05) is 24.3 Å². The van der Waals surface area contributed by atoms with Gasteiger partial charge >= 0.3 is 6.18 Å². The van der Waals surface area contributed by atoms with E-state index in [1.54, 1.807) is 31.2 Å². The van der Waals surface area contributed by atoms with Gasteiger partial charge in [0.25, 0.3) is 5.91 Å². The Bertz CT molecular complexity index is 1540. The Kier molecular flexibility index (Phi) is 9.95. The van der Waals surface area contributed by atoms with Gasteiger partial charge in [0, 0.05) is 40.3 Å². The molecule has 3 aromatic carbocycles. The highest BCUT2D eigenvalue weighted by Gasteiger charge is 2.37. The first-order valence-electron chi connectivity index (χ1n) is 13.2. The summed E-state index contributed by atoms with van der Waals surface area (Å²) >= 11 is 12.1.